The van der Waals surface area contributed by atoms with Gasteiger partial charge in [-0.3, -0.25) is 0 Å². The lowest BCUT2D eigenvalue weighted by atomic mass is 9.71. The number of aliphatic hydroxyl groups excluding tert-OH is 1. The number of hydrogen-bond acceptors (Lipinski definition) is 1. The molecule has 7 rings (SSSR count). The van der Waals surface area contributed by atoms with Gasteiger partial charge in [0.15, 0.2) is 12.7 Å². The Morgan fingerprint density at radius 2 is 1.61 bits per heavy atom. The number of nitrogens with zero attached hydrogens (tertiary/aromatic N) is 2. The third-order valence-corrected chi connectivity index (χ3v) is 8.85. The SMILES string of the molecule is C=C[C@H]1C[N@+]2(Cc3ccccc3)CC[C@H]1C[C@@H]2C(O)c1cc[n+](Cc2ccccc2)c2ccccc12. The summed E-state index contributed by atoms with van der Waals surface area (Å²) in [4.78, 5) is 0. The predicted octanol–water partition coefficient (Wildman–Crippen LogP) is 5.82. The maximum absolute atomic E-state index is 12.1. The standard InChI is InChI=1S/C33H36N2O/c1-2-27-24-35(23-26-13-7-4-8-14-26)20-18-28(27)21-32(35)33(36)30-17-19-34(22-25-11-5-3-6-12-25)31-16-10-9-15-29(30)31/h2-17,19,27-28,32-33,36H,1,18,20-24H2/q+2/t27-,28-,32+,33?,35+/m0/s1. The summed E-state index contributed by atoms with van der Waals surface area (Å²) in [6.45, 7) is 8.17. The first-order valence-corrected chi connectivity index (χ1v) is 13.3. The molecule has 182 valence electrons. The van der Waals surface area contributed by atoms with Crippen molar-refractivity contribution in [3.63, 3.8) is 0 Å². The van der Waals surface area contributed by atoms with Crippen LogP contribution in [0.4, 0.5) is 0 Å². The zero-order chi connectivity index (χ0) is 24.5. The second-order valence-corrected chi connectivity index (χ2v) is 10.9. The predicted molar refractivity (Wildman–Crippen MR) is 145 cm³/mol. The van der Waals surface area contributed by atoms with E-state index in [2.05, 4.69) is 114 Å². The van der Waals surface area contributed by atoms with Crippen LogP contribution in [-0.2, 0) is 13.1 Å². The zero-order valence-electron chi connectivity index (χ0n) is 20.9. The first-order valence-electron chi connectivity index (χ1n) is 13.3. The Kier molecular flexibility index (Phi) is 6.20. The number of piperidine rings is 3. The second kappa shape index (κ2) is 9.65. The van der Waals surface area contributed by atoms with E-state index in [-0.39, 0.29) is 6.04 Å². The van der Waals surface area contributed by atoms with E-state index >= 15 is 0 Å². The molecule has 0 amide bonds. The first kappa shape index (κ1) is 23.1. The number of fused-ring (bicyclic) bond motifs is 4. The topological polar surface area (TPSA) is 24.1 Å². The van der Waals surface area contributed by atoms with E-state index in [1.54, 1.807) is 0 Å². The Morgan fingerprint density at radius 3 is 2.36 bits per heavy atom. The van der Waals surface area contributed by atoms with Gasteiger partial charge in [-0.15, -0.1) is 6.58 Å². The molecule has 3 aliphatic heterocycles. The monoisotopic (exact) mass is 476 g/mol. The summed E-state index contributed by atoms with van der Waals surface area (Å²) >= 11 is 0. The van der Waals surface area contributed by atoms with Gasteiger partial charge in [0.25, 0.3) is 0 Å². The van der Waals surface area contributed by atoms with Crippen LogP contribution in [0.3, 0.4) is 0 Å². The summed E-state index contributed by atoms with van der Waals surface area (Å²) in [6, 6.07) is 32.3. The summed E-state index contributed by atoms with van der Waals surface area (Å²) < 4.78 is 3.25. The van der Waals surface area contributed by atoms with Gasteiger partial charge in [-0.2, -0.15) is 4.57 Å². The smallest absolute Gasteiger partial charge is 0.213 e. The lowest BCUT2D eigenvalue weighted by molar-refractivity contribution is -0.984. The van der Waals surface area contributed by atoms with E-state index in [9.17, 15) is 5.11 Å². The molecule has 3 fully saturated rings. The molecule has 0 radical (unpaired) electrons. The molecule has 4 aromatic rings. The molecule has 5 atom stereocenters. The number of rotatable bonds is 7. The highest BCUT2D eigenvalue weighted by Crippen LogP contribution is 2.48. The molecule has 1 N–H and O–H groups in total. The highest BCUT2D eigenvalue weighted by Gasteiger charge is 2.54. The fraction of sp³-hybridized carbons (Fsp3) is 0.303. The molecule has 2 bridgehead atoms. The van der Waals surface area contributed by atoms with Crippen molar-refractivity contribution in [1.29, 1.82) is 0 Å². The number of aliphatic hydroxyl groups is 1. The van der Waals surface area contributed by atoms with Gasteiger partial charge in [-0.1, -0.05) is 78.9 Å². The number of hydrogen-bond donors (Lipinski definition) is 1. The summed E-state index contributed by atoms with van der Waals surface area (Å²) in [7, 11) is 0. The van der Waals surface area contributed by atoms with Crippen LogP contribution in [0.1, 0.15) is 35.6 Å². The third kappa shape index (κ3) is 4.17. The molecule has 4 heterocycles. The fourth-order valence-electron chi connectivity index (χ4n) is 7.02. The number of pyridine rings is 1. The van der Waals surface area contributed by atoms with E-state index in [4.69, 9.17) is 0 Å². The van der Waals surface area contributed by atoms with E-state index in [1.165, 1.54) is 23.1 Å². The fourth-order valence-corrected chi connectivity index (χ4v) is 7.02. The summed E-state index contributed by atoms with van der Waals surface area (Å²) in [6.07, 6.45) is 6.11. The largest absolute Gasteiger partial charge is 0.382 e. The van der Waals surface area contributed by atoms with Gasteiger partial charge in [-0.05, 0) is 12.0 Å². The maximum Gasteiger partial charge on any atom is 0.213 e. The summed E-state index contributed by atoms with van der Waals surface area (Å²) in [5.41, 5.74) is 4.87. The molecule has 3 aromatic carbocycles. The van der Waals surface area contributed by atoms with Crippen molar-refractivity contribution >= 4 is 10.9 Å². The van der Waals surface area contributed by atoms with Crippen molar-refractivity contribution < 1.29 is 14.2 Å². The van der Waals surface area contributed by atoms with E-state index < -0.39 is 6.10 Å². The minimum atomic E-state index is -0.501. The molecule has 0 saturated carbocycles. The Bertz CT molecular complexity index is 1350. The van der Waals surface area contributed by atoms with Crippen LogP contribution in [-0.4, -0.2) is 28.7 Å². The molecule has 0 aliphatic carbocycles. The Morgan fingerprint density at radius 1 is 0.917 bits per heavy atom. The number of para-hydroxylation sites is 1. The van der Waals surface area contributed by atoms with E-state index in [0.717, 1.165) is 48.0 Å². The summed E-state index contributed by atoms with van der Waals surface area (Å²) in [5, 5.41) is 13.3. The van der Waals surface area contributed by atoms with Crippen LogP contribution in [0.15, 0.2) is 110 Å². The van der Waals surface area contributed by atoms with Crippen LogP contribution in [0.25, 0.3) is 10.9 Å². The molecular formula is C33H36N2O+2. The van der Waals surface area contributed by atoms with Crippen molar-refractivity contribution in [1.82, 2.24) is 0 Å². The van der Waals surface area contributed by atoms with Crippen LogP contribution in [0.5, 0.6) is 0 Å². The van der Waals surface area contributed by atoms with Gasteiger partial charge in [0, 0.05) is 47.6 Å². The summed E-state index contributed by atoms with van der Waals surface area (Å²) in [5.74, 6) is 1.15. The Balaban J connectivity index is 1.38. The molecule has 3 nitrogen and oxygen atoms in total. The Labute approximate surface area is 214 Å². The molecule has 1 aromatic heterocycles. The van der Waals surface area contributed by atoms with Crippen LogP contribution < -0.4 is 4.57 Å². The van der Waals surface area contributed by atoms with Crippen LogP contribution in [0, 0.1) is 11.8 Å². The molecule has 3 heteroatoms. The average Bonchev–Trinajstić information content (AvgIpc) is 2.94. The number of benzene rings is 3. The van der Waals surface area contributed by atoms with Crippen molar-refractivity contribution in [3.05, 3.63) is 127 Å². The van der Waals surface area contributed by atoms with Crippen LogP contribution >= 0.6 is 0 Å². The molecule has 0 spiro atoms. The number of quaternary nitrogens is 1. The lowest BCUT2D eigenvalue weighted by Crippen LogP contribution is -2.67. The number of aromatic nitrogens is 1. The van der Waals surface area contributed by atoms with Crippen molar-refractivity contribution in [3.8, 4) is 0 Å². The highest BCUT2D eigenvalue weighted by molar-refractivity contribution is 5.79. The van der Waals surface area contributed by atoms with Gasteiger partial charge in [0.2, 0.25) is 5.52 Å². The van der Waals surface area contributed by atoms with E-state index in [0.29, 0.717) is 11.8 Å². The minimum absolute atomic E-state index is 0.188. The van der Waals surface area contributed by atoms with E-state index in [1.807, 2.05) is 0 Å². The van der Waals surface area contributed by atoms with Gasteiger partial charge in [-0.25, -0.2) is 0 Å². The molecule has 1 unspecified atom stereocenters. The average molecular weight is 477 g/mol. The second-order valence-electron chi connectivity index (χ2n) is 10.9. The van der Waals surface area contributed by atoms with Crippen molar-refractivity contribution in [2.24, 2.45) is 11.8 Å². The molecule has 36 heavy (non-hydrogen) atoms. The quantitative estimate of drug-likeness (QED) is 0.203. The first-order chi connectivity index (χ1) is 17.7. The Hall–Kier alpha value is -3.27. The third-order valence-electron chi connectivity index (χ3n) is 8.85. The highest BCUT2D eigenvalue weighted by atomic mass is 16.3. The van der Waals surface area contributed by atoms with Crippen LogP contribution in [0.2, 0.25) is 0 Å². The molecule has 3 saturated heterocycles. The van der Waals surface area contributed by atoms with Crippen molar-refractivity contribution in [2.75, 3.05) is 13.1 Å². The van der Waals surface area contributed by atoms with Gasteiger partial charge < -0.3 is 9.59 Å². The molecular weight excluding hydrogens is 440 g/mol. The lowest BCUT2D eigenvalue weighted by Gasteiger charge is -2.58. The van der Waals surface area contributed by atoms with Gasteiger partial charge >= 0.3 is 0 Å². The maximum atomic E-state index is 12.1. The molecule has 3 aliphatic rings. The normalized spacial score (nSPS) is 26.1. The van der Waals surface area contributed by atoms with Crippen molar-refractivity contribution in [2.45, 2.75) is 38.1 Å². The minimum Gasteiger partial charge on any atom is -0.382 e. The van der Waals surface area contributed by atoms with Gasteiger partial charge in [0.1, 0.15) is 18.7 Å². The van der Waals surface area contributed by atoms with Gasteiger partial charge in [0.05, 0.1) is 18.5 Å². The zero-order valence-corrected chi connectivity index (χ0v) is 20.9.